The Labute approximate surface area is 182 Å². The van der Waals surface area contributed by atoms with Crippen LogP contribution in [0.2, 0.25) is 0 Å². The highest BCUT2D eigenvalue weighted by Crippen LogP contribution is 2.18. The van der Waals surface area contributed by atoms with E-state index in [0.29, 0.717) is 37.6 Å². The van der Waals surface area contributed by atoms with Gasteiger partial charge in [0.1, 0.15) is 0 Å². The van der Waals surface area contributed by atoms with Crippen LogP contribution < -0.4 is 0 Å². The van der Waals surface area contributed by atoms with Crippen molar-refractivity contribution < 1.29 is 8.42 Å². The summed E-state index contributed by atoms with van der Waals surface area (Å²) in [6.07, 6.45) is 0. The highest BCUT2D eigenvalue weighted by molar-refractivity contribution is 7.88. The van der Waals surface area contributed by atoms with Crippen LogP contribution in [0.3, 0.4) is 0 Å². The summed E-state index contributed by atoms with van der Waals surface area (Å²) >= 11 is 5.57. The second-order valence-electron chi connectivity index (χ2n) is 7.43. The molecule has 1 aromatic heterocycles. The molecule has 1 aliphatic heterocycles. The smallest absolute Gasteiger partial charge is 0.218 e. The molecule has 9 heteroatoms. The van der Waals surface area contributed by atoms with Crippen molar-refractivity contribution in [3.63, 3.8) is 0 Å². The molecule has 158 valence electrons. The maximum absolute atomic E-state index is 12.7. The third kappa shape index (κ3) is 4.54. The van der Waals surface area contributed by atoms with Crippen molar-refractivity contribution in [2.45, 2.75) is 12.4 Å². The molecule has 0 unspecified atom stereocenters. The maximum Gasteiger partial charge on any atom is 0.218 e. The molecule has 4 rings (SSSR count). The Kier molecular flexibility index (Phi) is 6.14. The van der Waals surface area contributed by atoms with Gasteiger partial charge in [0.15, 0.2) is 10.6 Å². The number of hydrogen-bond donors (Lipinski definition) is 0. The number of sulfonamides is 1. The first kappa shape index (κ1) is 20.9. The minimum absolute atomic E-state index is 0.0412. The molecular formula is C21H25N5O2S2. The van der Waals surface area contributed by atoms with Crippen LogP contribution in [0.15, 0.2) is 60.7 Å². The SMILES string of the molecule is Cn1c(-c2ccccc2)nn(CN2CCN(S(=O)(=O)Cc3ccccc3)CC2)c1=S. The zero-order chi connectivity index (χ0) is 21.1. The van der Waals surface area contributed by atoms with Gasteiger partial charge in [-0.2, -0.15) is 9.40 Å². The molecule has 2 heterocycles. The molecule has 0 aliphatic carbocycles. The fourth-order valence-corrected chi connectivity index (χ4v) is 5.33. The Balaban J connectivity index is 1.40. The average Bonchev–Trinajstić information content (AvgIpc) is 3.04. The minimum atomic E-state index is -3.32. The molecule has 0 bridgehead atoms. The Morgan fingerprint density at radius 1 is 0.933 bits per heavy atom. The second kappa shape index (κ2) is 8.81. The fourth-order valence-electron chi connectivity index (χ4n) is 3.63. The molecule has 2 aromatic carbocycles. The van der Waals surface area contributed by atoms with Crippen molar-refractivity contribution >= 4 is 22.2 Å². The van der Waals surface area contributed by atoms with E-state index in [9.17, 15) is 8.42 Å². The highest BCUT2D eigenvalue weighted by atomic mass is 32.2. The zero-order valence-electron chi connectivity index (χ0n) is 16.9. The van der Waals surface area contributed by atoms with Crippen LogP contribution in [0, 0.1) is 4.77 Å². The van der Waals surface area contributed by atoms with Gasteiger partial charge in [-0.25, -0.2) is 13.1 Å². The standard InChI is InChI=1S/C21H25N5O2S2/c1-23-20(19-10-6-3-7-11-19)22-26(21(23)29)17-24-12-14-25(15-13-24)30(27,28)16-18-8-4-2-5-9-18/h2-11H,12-17H2,1H3. The third-order valence-corrected chi connectivity index (χ3v) is 7.66. The lowest BCUT2D eigenvalue weighted by molar-refractivity contribution is 0.144. The van der Waals surface area contributed by atoms with Crippen molar-refractivity contribution in [2.24, 2.45) is 7.05 Å². The number of rotatable bonds is 6. The summed E-state index contributed by atoms with van der Waals surface area (Å²) in [6.45, 7) is 2.79. The summed E-state index contributed by atoms with van der Waals surface area (Å²) in [6, 6.07) is 19.3. The predicted octanol–water partition coefficient (Wildman–Crippen LogP) is 2.72. The second-order valence-corrected chi connectivity index (χ2v) is 9.77. The van der Waals surface area contributed by atoms with Gasteiger partial charge in [-0.1, -0.05) is 60.7 Å². The maximum atomic E-state index is 12.7. The van der Waals surface area contributed by atoms with Crippen LogP contribution in [0.5, 0.6) is 0 Å². The first-order valence-corrected chi connectivity index (χ1v) is 11.9. The summed E-state index contributed by atoms with van der Waals surface area (Å²) in [5.74, 6) is 0.865. The molecule has 0 amide bonds. The zero-order valence-corrected chi connectivity index (χ0v) is 18.5. The predicted molar refractivity (Wildman–Crippen MR) is 120 cm³/mol. The van der Waals surface area contributed by atoms with Gasteiger partial charge in [-0.3, -0.25) is 4.90 Å². The lowest BCUT2D eigenvalue weighted by Crippen LogP contribution is -2.49. The summed E-state index contributed by atoms with van der Waals surface area (Å²) in [5, 5.41) is 4.70. The molecule has 0 saturated carbocycles. The van der Waals surface area contributed by atoms with Gasteiger partial charge in [0.05, 0.1) is 12.4 Å². The van der Waals surface area contributed by atoms with Crippen LogP contribution in [0.4, 0.5) is 0 Å². The molecule has 0 radical (unpaired) electrons. The van der Waals surface area contributed by atoms with Crippen LogP contribution in [0.25, 0.3) is 11.4 Å². The van der Waals surface area contributed by atoms with Gasteiger partial charge in [0, 0.05) is 38.8 Å². The number of hydrogen-bond acceptors (Lipinski definition) is 5. The van der Waals surface area contributed by atoms with Crippen molar-refractivity contribution in [3.8, 4) is 11.4 Å². The number of nitrogens with zero attached hydrogens (tertiary/aromatic N) is 5. The lowest BCUT2D eigenvalue weighted by Gasteiger charge is -2.33. The summed E-state index contributed by atoms with van der Waals surface area (Å²) in [5.41, 5.74) is 1.83. The van der Waals surface area contributed by atoms with Crippen LogP contribution >= 0.6 is 12.2 Å². The normalized spacial score (nSPS) is 16.0. The van der Waals surface area contributed by atoms with Gasteiger partial charge in [-0.05, 0) is 17.8 Å². The Morgan fingerprint density at radius 2 is 1.53 bits per heavy atom. The van der Waals surface area contributed by atoms with Crippen LogP contribution in [-0.4, -0.2) is 58.1 Å². The highest BCUT2D eigenvalue weighted by Gasteiger charge is 2.27. The quantitative estimate of drug-likeness (QED) is 0.548. The van der Waals surface area contributed by atoms with E-state index >= 15 is 0 Å². The van der Waals surface area contributed by atoms with E-state index in [4.69, 9.17) is 17.3 Å². The molecule has 7 nitrogen and oxygen atoms in total. The van der Waals surface area contributed by atoms with Crippen molar-refractivity contribution in [1.82, 2.24) is 23.6 Å². The van der Waals surface area contributed by atoms with Gasteiger partial charge in [-0.15, -0.1) is 0 Å². The summed E-state index contributed by atoms with van der Waals surface area (Å²) < 4.78 is 31.5. The average molecular weight is 444 g/mol. The van der Waals surface area contributed by atoms with E-state index < -0.39 is 10.0 Å². The summed E-state index contributed by atoms with van der Waals surface area (Å²) in [4.78, 5) is 2.19. The lowest BCUT2D eigenvalue weighted by atomic mass is 10.2. The molecule has 30 heavy (non-hydrogen) atoms. The molecule has 1 fully saturated rings. The van der Waals surface area contributed by atoms with Gasteiger partial charge < -0.3 is 4.57 Å². The topological polar surface area (TPSA) is 63.4 Å². The molecule has 1 saturated heterocycles. The molecule has 0 spiro atoms. The molecule has 0 N–H and O–H groups in total. The van der Waals surface area contributed by atoms with Gasteiger partial charge in [0.2, 0.25) is 10.0 Å². The number of piperazine rings is 1. The molecular weight excluding hydrogens is 418 g/mol. The molecule has 1 aliphatic rings. The Bertz CT molecular complexity index is 1150. The van der Waals surface area contributed by atoms with Crippen LogP contribution in [0.1, 0.15) is 5.56 Å². The van der Waals surface area contributed by atoms with Crippen molar-refractivity contribution in [3.05, 3.63) is 71.0 Å². The number of benzene rings is 2. The molecule has 0 atom stereocenters. The minimum Gasteiger partial charge on any atom is -0.303 e. The fraction of sp³-hybridized carbons (Fsp3) is 0.333. The Hall–Kier alpha value is -2.33. The number of aromatic nitrogens is 3. The monoisotopic (exact) mass is 443 g/mol. The first-order chi connectivity index (χ1) is 14.4. The van der Waals surface area contributed by atoms with E-state index in [1.165, 1.54) is 0 Å². The van der Waals surface area contributed by atoms with E-state index in [0.717, 1.165) is 17.0 Å². The largest absolute Gasteiger partial charge is 0.303 e. The Morgan fingerprint density at radius 3 is 2.17 bits per heavy atom. The van der Waals surface area contributed by atoms with Gasteiger partial charge >= 0.3 is 0 Å². The van der Waals surface area contributed by atoms with Crippen molar-refractivity contribution in [2.75, 3.05) is 26.2 Å². The van der Waals surface area contributed by atoms with E-state index in [-0.39, 0.29) is 5.75 Å². The molecule has 3 aromatic rings. The van der Waals surface area contributed by atoms with Crippen molar-refractivity contribution in [1.29, 1.82) is 0 Å². The summed E-state index contributed by atoms with van der Waals surface area (Å²) in [7, 11) is -1.40. The van der Waals surface area contributed by atoms with E-state index in [2.05, 4.69) is 4.90 Å². The first-order valence-electron chi connectivity index (χ1n) is 9.87. The van der Waals surface area contributed by atoms with E-state index in [1.54, 1.807) is 4.31 Å². The van der Waals surface area contributed by atoms with Gasteiger partial charge in [0.25, 0.3) is 0 Å². The van der Waals surface area contributed by atoms with Crippen LogP contribution in [-0.2, 0) is 29.5 Å². The van der Waals surface area contributed by atoms with E-state index in [1.807, 2.05) is 77.0 Å². The third-order valence-electron chi connectivity index (χ3n) is 5.32.